The van der Waals surface area contributed by atoms with Gasteiger partial charge in [-0.25, -0.2) is 0 Å². The Morgan fingerprint density at radius 3 is 2.27 bits per heavy atom. The number of hydrogen-bond donors (Lipinski definition) is 1. The fraction of sp³-hybridized carbons (Fsp3) is 0.750. The third-order valence-corrected chi connectivity index (χ3v) is 3.04. The molecule has 0 aromatic carbocycles. The molecule has 3 aliphatic rings. The predicted molar refractivity (Wildman–Crippen MR) is 38.1 cm³/mol. The van der Waals surface area contributed by atoms with Crippen molar-refractivity contribution in [3.63, 3.8) is 0 Å². The highest BCUT2D eigenvalue weighted by Gasteiger charge is 2.50. The van der Waals surface area contributed by atoms with Gasteiger partial charge in [-0.2, -0.15) is 5.06 Å². The van der Waals surface area contributed by atoms with E-state index in [4.69, 9.17) is 4.74 Å². The standard InChI is InChI=1S/C8H11NO2/c10-9-3-5-6(4-9)8-2-1-7(5)11-8/h1-2,5-8,10H,3-4H2. The zero-order valence-corrected chi connectivity index (χ0v) is 6.18. The van der Waals surface area contributed by atoms with Crippen molar-refractivity contribution in [2.45, 2.75) is 12.2 Å². The zero-order chi connectivity index (χ0) is 7.42. The van der Waals surface area contributed by atoms with Crippen LogP contribution in [-0.4, -0.2) is 35.6 Å². The largest absolute Gasteiger partial charge is 0.366 e. The van der Waals surface area contributed by atoms with E-state index in [9.17, 15) is 5.21 Å². The maximum atomic E-state index is 9.25. The van der Waals surface area contributed by atoms with Gasteiger partial charge >= 0.3 is 0 Å². The lowest BCUT2D eigenvalue weighted by Gasteiger charge is -2.13. The molecule has 3 heteroatoms. The molecule has 0 amide bonds. The molecule has 0 aliphatic carbocycles. The van der Waals surface area contributed by atoms with Crippen molar-refractivity contribution < 1.29 is 9.94 Å². The Balaban J connectivity index is 1.92. The van der Waals surface area contributed by atoms with Crippen molar-refractivity contribution in [3.8, 4) is 0 Å². The Morgan fingerprint density at radius 2 is 1.73 bits per heavy atom. The molecular formula is C8H11NO2. The second-order valence-electron chi connectivity index (χ2n) is 3.65. The van der Waals surface area contributed by atoms with Crippen LogP contribution in [0.1, 0.15) is 0 Å². The van der Waals surface area contributed by atoms with Crippen LogP contribution in [-0.2, 0) is 4.74 Å². The maximum absolute atomic E-state index is 9.25. The van der Waals surface area contributed by atoms with E-state index in [1.165, 1.54) is 5.06 Å². The molecule has 60 valence electrons. The van der Waals surface area contributed by atoms with Gasteiger partial charge in [-0.3, -0.25) is 0 Å². The summed E-state index contributed by atoms with van der Waals surface area (Å²) in [5.41, 5.74) is 0. The predicted octanol–water partition coefficient (Wildman–Crippen LogP) is 0.261. The zero-order valence-electron chi connectivity index (χ0n) is 6.18. The topological polar surface area (TPSA) is 32.7 Å². The summed E-state index contributed by atoms with van der Waals surface area (Å²) in [5.74, 6) is 1.10. The van der Waals surface area contributed by atoms with Crippen molar-refractivity contribution in [2.75, 3.05) is 13.1 Å². The van der Waals surface area contributed by atoms with E-state index >= 15 is 0 Å². The van der Waals surface area contributed by atoms with E-state index in [0.29, 0.717) is 24.0 Å². The summed E-state index contributed by atoms with van der Waals surface area (Å²) in [6, 6.07) is 0. The molecule has 2 fully saturated rings. The Morgan fingerprint density at radius 1 is 1.18 bits per heavy atom. The molecular weight excluding hydrogens is 142 g/mol. The van der Waals surface area contributed by atoms with E-state index in [1.54, 1.807) is 0 Å². The number of rotatable bonds is 0. The SMILES string of the molecule is ON1CC2C3C=CC(O3)C2C1. The van der Waals surface area contributed by atoms with E-state index in [1.807, 2.05) is 0 Å². The van der Waals surface area contributed by atoms with E-state index in [0.717, 1.165) is 13.1 Å². The lowest BCUT2D eigenvalue weighted by atomic mass is 9.86. The molecule has 0 saturated carbocycles. The molecule has 2 saturated heterocycles. The molecule has 0 aromatic heterocycles. The van der Waals surface area contributed by atoms with Gasteiger partial charge in [0, 0.05) is 24.9 Å². The summed E-state index contributed by atoms with van der Waals surface area (Å²) < 4.78 is 5.64. The van der Waals surface area contributed by atoms with Gasteiger partial charge in [0.1, 0.15) is 0 Å². The molecule has 4 unspecified atom stereocenters. The molecule has 0 spiro atoms. The van der Waals surface area contributed by atoms with Crippen molar-refractivity contribution >= 4 is 0 Å². The molecule has 2 bridgehead atoms. The number of nitrogens with zero attached hydrogens (tertiary/aromatic N) is 1. The van der Waals surface area contributed by atoms with Gasteiger partial charge in [0.2, 0.25) is 0 Å². The molecule has 3 rings (SSSR count). The van der Waals surface area contributed by atoms with Gasteiger partial charge in [0.15, 0.2) is 0 Å². The van der Waals surface area contributed by atoms with Gasteiger partial charge in [-0.05, 0) is 0 Å². The summed E-state index contributed by atoms with van der Waals surface area (Å²) >= 11 is 0. The van der Waals surface area contributed by atoms with Crippen LogP contribution in [0.15, 0.2) is 12.2 Å². The number of fused-ring (bicyclic) bond motifs is 5. The van der Waals surface area contributed by atoms with E-state index in [-0.39, 0.29) is 0 Å². The highest BCUT2D eigenvalue weighted by molar-refractivity contribution is 5.16. The third kappa shape index (κ3) is 0.682. The summed E-state index contributed by atoms with van der Waals surface area (Å²) in [6.45, 7) is 1.58. The number of hydroxylamine groups is 2. The molecule has 0 aromatic rings. The van der Waals surface area contributed by atoms with Crippen LogP contribution in [0.5, 0.6) is 0 Å². The van der Waals surface area contributed by atoms with Gasteiger partial charge < -0.3 is 9.94 Å². The van der Waals surface area contributed by atoms with Gasteiger partial charge in [-0.1, -0.05) is 12.2 Å². The fourth-order valence-corrected chi connectivity index (χ4v) is 2.51. The van der Waals surface area contributed by atoms with Gasteiger partial charge in [-0.15, -0.1) is 0 Å². The average molecular weight is 153 g/mol. The number of ether oxygens (including phenoxy) is 1. The monoisotopic (exact) mass is 153 g/mol. The van der Waals surface area contributed by atoms with Crippen LogP contribution in [0.2, 0.25) is 0 Å². The minimum absolute atomic E-state index is 0.294. The van der Waals surface area contributed by atoms with Crippen LogP contribution in [0, 0.1) is 11.8 Å². The molecule has 3 heterocycles. The summed E-state index contributed by atoms with van der Waals surface area (Å²) in [4.78, 5) is 0. The molecule has 0 radical (unpaired) electrons. The first-order valence-corrected chi connectivity index (χ1v) is 4.12. The molecule has 3 aliphatic heterocycles. The smallest absolute Gasteiger partial charge is 0.0810 e. The Bertz CT molecular complexity index is 196. The van der Waals surface area contributed by atoms with Crippen molar-refractivity contribution in [2.24, 2.45) is 11.8 Å². The maximum Gasteiger partial charge on any atom is 0.0810 e. The van der Waals surface area contributed by atoms with Gasteiger partial charge in [0.05, 0.1) is 12.2 Å². The highest BCUT2D eigenvalue weighted by atomic mass is 16.5. The molecule has 3 nitrogen and oxygen atoms in total. The summed E-state index contributed by atoms with van der Waals surface area (Å²) in [5, 5.41) is 10.7. The molecule has 1 N–H and O–H groups in total. The first kappa shape index (κ1) is 6.17. The fourth-order valence-electron chi connectivity index (χ4n) is 2.51. The molecule has 11 heavy (non-hydrogen) atoms. The van der Waals surface area contributed by atoms with Crippen LogP contribution >= 0.6 is 0 Å². The van der Waals surface area contributed by atoms with E-state index in [2.05, 4.69) is 12.2 Å². The average Bonchev–Trinajstić information content (AvgIpc) is 2.53. The second-order valence-corrected chi connectivity index (χ2v) is 3.65. The van der Waals surface area contributed by atoms with Crippen LogP contribution < -0.4 is 0 Å². The normalized spacial score (nSPS) is 53.9. The third-order valence-electron chi connectivity index (χ3n) is 3.04. The van der Waals surface area contributed by atoms with Crippen LogP contribution in [0.3, 0.4) is 0 Å². The first-order valence-electron chi connectivity index (χ1n) is 4.12. The Kier molecular flexibility index (Phi) is 1.04. The van der Waals surface area contributed by atoms with Crippen molar-refractivity contribution in [1.29, 1.82) is 0 Å². The lowest BCUT2D eigenvalue weighted by Crippen LogP contribution is -2.21. The Labute approximate surface area is 65.2 Å². The minimum atomic E-state index is 0.294. The van der Waals surface area contributed by atoms with Crippen molar-refractivity contribution in [3.05, 3.63) is 12.2 Å². The molecule has 4 atom stereocenters. The van der Waals surface area contributed by atoms with Gasteiger partial charge in [0.25, 0.3) is 0 Å². The lowest BCUT2D eigenvalue weighted by molar-refractivity contribution is -0.0857. The van der Waals surface area contributed by atoms with Crippen molar-refractivity contribution in [1.82, 2.24) is 5.06 Å². The highest BCUT2D eigenvalue weighted by Crippen LogP contribution is 2.42. The Hall–Kier alpha value is -0.380. The quantitative estimate of drug-likeness (QED) is 0.507. The summed E-state index contributed by atoms with van der Waals surface area (Å²) in [7, 11) is 0. The van der Waals surface area contributed by atoms with Crippen LogP contribution in [0.25, 0.3) is 0 Å². The first-order chi connectivity index (χ1) is 5.34. The van der Waals surface area contributed by atoms with Crippen LogP contribution in [0.4, 0.5) is 0 Å². The van der Waals surface area contributed by atoms with E-state index < -0.39 is 0 Å². The minimum Gasteiger partial charge on any atom is -0.366 e. The summed E-state index contributed by atoms with van der Waals surface area (Å²) in [6.07, 6.45) is 4.85. The second kappa shape index (κ2) is 1.86. The number of hydrogen-bond acceptors (Lipinski definition) is 3.